The van der Waals surface area contributed by atoms with Crippen LogP contribution in [0.5, 0.6) is 5.88 Å². The van der Waals surface area contributed by atoms with Crippen molar-refractivity contribution in [2.24, 2.45) is 0 Å². The molecule has 5 nitrogen and oxygen atoms in total. The van der Waals surface area contributed by atoms with Crippen molar-refractivity contribution in [3.05, 3.63) is 21.7 Å². The monoisotopic (exact) mass is 212 g/mol. The van der Waals surface area contributed by atoms with Gasteiger partial charge in [0.1, 0.15) is 11.9 Å². The summed E-state index contributed by atoms with van der Waals surface area (Å²) in [6, 6.07) is 0. The normalized spacial score (nSPS) is 12.7. The topological polar surface area (TPSA) is 75.2 Å². The van der Waals surface area contributed by atoms with Crippen LogP contribution in [-0.2, 0) is 4.74 Å². The van der Waals surface area contributed by atoms with E-state index in [1.165, 1.54) is 6.92 Å². The molecule has 1 atom stereocenters. The minimum Gasteiger partial charge on any atom is -0.493 e. The number of ether oxygens (including phenoxy) is 1. The van der Waals surface area contributed by atoms with Crippen molar-refractivity contribution in [3.63, 3.8) is 0 Å². The lowest BCUT2D eigenvalue weighted by Crippen LogP contribution is -2.18. The summed E-state index contributed by atoms with van der Waals surface area (Å²) in [6.45, 7) is 5.86. The number of aromatic amines is 1. The molecule has 0 aliphatic carbocycles. The first-order valence-electron chi connectivity index (χ1n) is 5.01. The third-order valence-electron chi connectivity index (χ3n) is 2.19. The molecule has 1 aromatic rings. The van der Waals surface area contributed by atoms with Crippen molar-refractivity contribution < 1.29 is 9.84 Å². The molecule has 84 valence electrons. The smallest absolute Gasteiger partial charge is 0.257 e. The molecule has 0 saturated carbocycles. The van der Waals surface area contributed by atoms with Crippen molar-refractivity contribution in [3.8, 4) is 5.88 Å². The molecular formula is C10H16N2O3. The summed E-state index contributed by atoms with van der Waals surface area (Å²) in [5.74, 6) is 0.152. The molecule has 2 N–H and O–H groups in total. The van der Waals surface area contributed by atoms with E-state index < -0.39 is 0 Å². The van der Waals surface area contributed by atoms with E-state index in [0.717, 1.165) is 0 Å². The van der Waals surface area contributed by atoms with Crippen LogP contribution in [0.4, 0.5) is 0 Å². The highest BCUT2D eigenvalue weighted by Gasteiger charge is 2.14. The van der Waals surface area contributed by atoms with Gasteiger partial charge in [0.05, 0.1) is 5.56 Å². The van der Waals surface area contributed by atoms with Crippen LogP contribution in [0, 0.1) is 6.92 Å². The molecular weight excluding hydrogens is 196 g/mol. The van der Waals surface area contributed by atoms with Gasteiger partial charge >= 0.3 is 0 Å². The number of hydrogen-bond donors (Lipinski definition) is 2. The summed E-state index contributed by atoms with van der Waals surface area (Å²) in [5, 5.41) is 9.41. The van der Waals surface area contributed by atoms with Crippen molar-refractivity contribution in [2.75, 3.05) is 6.61 Å². The zero-order chi connectivity index (χ0) is 11.4. The second-order valence-electron chi connectivity index (χ2n) is 3.25. The number of H-pyrrole nitrogens is 1. The zero-order valence-corrected chi connectivity index (χ0v) is 9.20. The Morgan fingerprint density at radius 3 is 2.67 bits per heavy atom. The van der Waals surface area contributed by atoms with E-state index in [1.54, 1.807) is 0 Å². The number of nitrogens with zero attached hydrogens (tertiary/aromatic N) is 1. The molecule has 0 saturated heterocycles. The molecule has 0 bridgehead atoms. The maximum absolute atomic E-state index is 11.4. The van der Waals surface area contributed by atoms with E-state index in [9.17, 15) is 9.90 Å². The highest BCUT2D eigenvalue weighted by atomic mass is 16.5. The predicted molar refractivity (Wildman–Crippen MR) is 55.9 cm³/mol. The van der Waals surface area contributed by atoms with Crippen LogP contribution in [0.2, 0.25) is 0 Å². The minimum atomic E-state index is -0.323. The SMILES string of the molecule is CCOC(CC)c1nc(O)c(C)c(=O)[nH]1. The molecule has 0 spiro atoms. The van der Waals surface area contributed by atoms with Crippen LogP contribution in [0.15, 0.2) is 4.79 Å². The van der Waals surface area contributed by atoms with Gasteiger partial charge in [-0.1, -0.05) is 6.92 Å². The molecule has 1 heterocycles. The maximum Gasteiger partial charge on any atom is 0.257 e. The molecule has 1 unspecified atom stereocenters. The summed E-state index contributed by atoms with van der Waals surface area (Å²) in [6.07, 6.45) is 0.424. The van der Waals surface area contributed by atoms with Gasteiger partial charge in [0.25, 0.3) is 5.56 Å². The lowest BCUT2D eigenvalue weighted by molar-refractivity contribution is 0.0528. The first kappa shape index (κ1) is 11.7. The molecule has 15 heavy (non-hydrogen) atoms. The van der Waals surface area contributed by atoms with Crippen LogP contribution < -0.4 is 5.56 Å². The molecule has 0 fully saturated rings. The van der Waals surface area contributed by atoms with Crippen LogP contribution in [-0.4, -0.2) is 21.7 Å². The van der Waals surface area contributed by atoms with Crippen molar-refractivity contribution >= 4 is 0 Å². The van der Waals surface area contributed by atoms with Gasteiger partial charge in [-0.25, -0.2) is 0 Å². The molecule has 1 aromatic heterocycles. The van der Waals surface area contributed by atoms with Gasteiger partial charge in [0.15, 0.2) is 0 Å². The lowest BCUT2D eigenvalue weighted by atomic mass is 10.2. The van der Waals surface area contributed by atoms with Gasteiger partial charge in [-0.15, -0.1) is 0 Å². The van der Waals surface area contributed by atoms with Gasteiger partial charge in [-0.2, -0.15) is 4.98 Å². The first-order valence-corrected chi connectivity index (χ1v) is 5.01. The quantitative estimate of drug-likeness (QED) is 0.788. The van der Waals surface area contributed by atoms with Crippen LogP contribution in [0.3, 0.4) is 0 Å². The Morgan fingerprint density at radius 2 is 2.20 bits per heavy atom. The van der Waals surface area contributed by atoms with Crippen molar-refractivity contribution in [1.82, 2.24) is 9.97 Å². The molecule has 0 aromatic carbocycles. The fourth-order valence-electron chi connectivity index (χ4n) is 1.28. The van der Waals surface area contributed by atoms with E-state index in [4.69, 9.17) is 4.74 Å². The number of rotatable bonds is 4. The molecule has 0 aliphatic heterocycles. The summed E-state index contributed by atoms with van der Waals surface area (Å²) < 4.78 is 5.38. The highest BCUT2D eigenvalue weighted by Crippen LogP contribution is 2.18. The average molecular weight is 212 g/mol. The fourth-order valence-corrected chi connectivity index (χ4v) is 1.28. The second-order valence-corrected chi connectivity index (χ2v) is 3.25. The summed E-state index contributed by atoms with van der Waals surface area (Å²) >= 11 is 0. The highest BCUT2D eigenvalue weighted by molar-refractivity contribution is 5.20. The van der Waals surface area contributed by atoms with E-state index >= 15 is 0 Å². The van der Waals surface area contributed by atoms with Crippen LogP contribution in [0.25, 0.3) is 0 Å². The Hall–Kier alpha value is -1.36. The molecule has 0 amide bonds. The van der Waals surface area contributed by atoms with Crippen LogP contribution in [0.1, 0.15) is 37.8 Å². The van der Waals surface area contributed by atoms with E-state index in [-0.39, 0.29) is 23.1 Å². The van der Waals surface area contributed by atoms with Crippen LogP contribution >= 0.6 is 0 Å². The first-order chi connectivity index (χ1) is 7.10. The molecule has 1 rings (SSSR count). The lowest BCUT2D eigenvalue weighted by Gasteiger charge is -2.14. The Bertz CT molecular complexity index is 387. The summed E-state index contributed by atoms with van der Waals surface area (Å²) in [5.41, 5.74) is -0.0965. The third kappa shape index (κ3) is 2.56. The second kappa shape index (κ2) is 4.93. The maximum atomic E-state index is 11.4. The number of aromatic nitrogens is 2. The van der Waals surface area contributed by atoms with Crippen molar-refractivity contribution in [2.45, 2.75) is 33.3 Å². The van der Waals surface area contributed by atoms with Gasteiger partial charge in [-0.3, -0.25) is 4.79 Å². The standard InChI is InChI=1S/C10H16N2O3/c1-4-7(15-5-2)8-11-9(13)6(3)10(14)12-8/h7H,4-5H2,1-3H3,(H2,11,12,13,14). The van der Waals surface area contributed by atoms with Crippen molar-refractivity contribution in [1.29, 1.82) is 0 Å². The van der Waals surface area contributed by atoms with Gasteiger partial charge in [0.2, 0.25) is 5.88 Å². The Morgan fingerprint density at radius 1 is 1.53 bits per heavy atom. The third-order valence-corrected chi connectivity index (χ3v) is 2.19. The number of hydrogen-bond acceptors (Lipinski definition) is 4. The molecule has 0 radical (unpaired) electrons. The van der Waals surface area contributed by atoms with Gasteiger partial charge in [0, 0.05) is 6.61 Å². The largest absolute Gasteiger partial charge is 0.493 e. The Kier molecular flexibility index (Phi) is 3.85. The average Bonchev–Trinajstić information content (AvgIpc) is 2.22. The summed E-state index contributed by atoms with van der Waals surface area (Å²) in [7, 11) is 0. The predicted octanol–water partition coefficient (Wildman–Crippen LogP) is 1.27. The van der Waals surface area contributed by atoms with E-state index in [1.807, 2.05) is 13.8 Å². The number of aromatic hydroxyl groups is 1. The molecule has 5 heteroatoms. The Labute approximate surface area is 88.1 Å². The summed E-state index contributed by atoms with van der Waals surface area (Å²) in [4.78, 5) is 17.9. The number of nitrogens with one attached hydrogen (secondary N) is 1. The fraction of sp³-hybridized carbons (Fsp3) is 0.600. The van der Waals surface area contributed by atoms with Gasteiger partial charge < -0.3 is 14.8 Å². The van der Waals surface area contributed by atoms with E-state index in [0.29, 0.717) is 18.9 Å². The van der Waals surface area contributed by atoms with Gasteiger partial charge in [-0.05, 0) is 20.3 Å². The Balaban J connectivity index is 3.09. The zero-order valence-electron chi connectivity index (χ0n) is 9.20. The molecule has 0 aliphatic rings. The minimum absolute atomic E-state index is 0.227. The van der Waals surface area contributed by atoms with E-state index in [2.05, 4.69) is 9.97 Å².